The maximum atomic E-state index is 11.6. The van der Waals surface area contributed by atoms with Crippen molar-refractivity contribution in [3.8, 4) is 0 Å². The highest BCUT2D eigenvalue weighted by Gasteiger charge is 2.12. The summed E-state index contributed by atoms with van der Waals surface area (Å²) in [7, 11) is 0. The number of imide groups is 1. The fraction of sp³-hybridized carbons (Fsp3) is 0. The van der Waals surface area contributed by atoms with Gasteiger partial charge in [-0.2, -0.15) is 0 Å². The molecule has 2 amide bonds. The Kier molecular flexibility index (Phi) is 2.82. The number of hydrogen-bond acceptors (Lipinski definition) is 3. The van der Waals surface area contributed by atoms with Crippen molar-refractivity contribution in [3.63, 3.8) is 0 Å². The molecule has 0 saturated heterocycles. The highest BCUT2D eigenvalue weighted by atomic mass is 16.3. The Bertz CT molecular complexity index is 488. The summed E-state index contributed by atoms with van der Waals surface area (Å²) in [6.07, 6.45) is 2.66. The maximum absolute atomic E-state index is 11.6. The summed E-state index contributed by atoms with van der Waals surface area (Å²) in [4.78, 5) is 23.1. The van der Waals surface area contributed by atoms with Gasteiger partial charge < -0.3 is 4.42 Å². The molecule has 0 atom stereocenters. The fourth-order valence-electron chi connectivity index (χ4n) is 1.23. The Morgan fingerprint density at radius 1 is 0.938 bits per heavy atom. The van der Waals surface area contributed by atoms with Crippen LogP contribution in [0.25, 0.3) is 0 Å². The summed E-state index contributed by atoms with van der Waals surface area (Å²) in [5.74, 6) is -0.894. The van der Waals surface area contributed by atoms with Crippen LogP contribution in [0.5, 0.6) is 0 Å². The van der Waals surface area contributed by atoms with Crippen LogP contribution in [0.3, 0.4) is 0 Å². The summed E-state index contributed by atoms with van der Waals surface area (Å²) in [5.41, 5.74) is 0.767. The van der Waals surface area contributed by atoms with Crippen molar-refractivity contribution >= 4 is 11.8 Å². The molecule has 0 saturated carbocycles. The molecule has 0 aliphatic rings. The van der Waals surface area contributed by atoms with Crippen molar-refractivity contribution in [2.75, 3.05) is 0 Å². The van der Waals surface area contributed by atoms with Gasteiger partial charge in [-0.3, -0.25) is 14.9 Å². The van der Waals surface area contributed by atoms with Gasteiger partial charge in [0.2, 0.25) is 0 Å². The number of carbonyl (C=O) groups excluding carboxylic acids is 2. The Labute approximate surface area is 91.9 Å². The van der Waals surface area contributed by atoms with Crippen LogP contribution in [-0.2, 0) is 0 Å². The van der Waals surface area contributed by atoms with E-state index in [0.717, 1.165) is 0 Å². The number of benzene rings is 1. The van der Waals surface area contributed by atoms with Gasteiger partial charge in [0.05, 0.1) is 11.8 Å². The molecule has 4 heteroatoms. The van der Waals surface area contributed by atoms with E-state index in [9.17, 15) is 9.59 Å². The van der Waals surface area contributed by atoms with Gasteiger partial charge in [-0.15, -0.1) is 0 Å². The van der Waals surface area contributed by atoms with E-state index < -0.39 is 11.8 Å². The average molecular weight is 215 g/mol. The molecule has 2 aromatic rings. The lowest BCUT2D eigenvalue weighted by molar-refractivity contribution is 0.0849. The smallest absolute Gasteiger partial charge is 0.261 e. The first kappa shape index (κ1) is 10.2. The Hall–Kier alpha value is -2.36. The van der Waals surface area contributed by atoms with Crippen molar-refractivity contribution in [1.82, 2.24) is 5.32 Å². The minimum Gasteiger partial charge on any atom is -0.472 e. The SMILES string of the molecule is O=C(NC(=O)c1ccoc1)c1ccccc1. The molecule has 0 radical (unpaired) electrons. The minimum absolute atomic E-state index is 0.323. The largest absolute Gasteiger partial charge is 0.472 e. The second-order valence-electron chi connectivity index (χ2n) is 3.16. The summed E-state index contributed by atoms with van der Waals surface area (Å²) in [5, 5.41) is 2.26. The summed E-state index contributed by atoms with van der Waals surface area (Å²) >= 11 is 0. The van der Waals surface area contributed by atoms with Gasteiger partial charge in [-0.05, 0) is 18.2 Å². The van der Waals surface area contributed by atoms with E-state index >= 15 is 0 Å². The molecule has 4 nitrogen and oxygen atoms in total. The maximum Gasteiger partial charge on any atom is 0.261 e. The monoisotopic (exact) mass is 215 g/mol. The highest BCUT2D eigenvalue weighted by molar-refractivity contribution is 6.10. The van der Waals surface area contributed by atoms with Crippen LogP contribution < -0.4 is 5.32 Å². The standard InChI is InChI=1S/C12H9NO3/c14-11(9-4-2-1-3-5-9)13-12(15)10-6-7-16-8-10/h1-8H,(H,13,14,15). The van der Waals surface area contributed by atoms with Crippen molar-refractivity contribution in [2.24, 2.45) is 0 Å². The zero-order valence-electron chi connectivity index (χ0n) is 8.34. The molecule has 0 fully saturated rings. The molecular formula is C12H9NO3. The van der Waals surface area contributed by atoms with E-state index in [-0.39, 0.29) is 0 Å². The summed E-state index contributed by atoms with van der Waals surface area (Å²) in [6.45, 7) is 0. The molecular weight excluding hydrogens is 206 g/mol. The third kappa shape index (κ3) is 2.17. The minimum atomic E-state index is -0.470. The Morgan fingerprint density at radius 2 is 1.62 bits per heavy atom. The summed E-state index contributed by atoms with van der Waals surface area (Å²) in [6, 6.07) is 10.0. The Morgan fingerprint density at radius 3 is 2.25 bits per heavy atom. The molecule has 2 rings (SSSR count). The highest BCUT2D eigenvalue weighted by Crippen LogP contribution is 2.02. The zero-order valence-corrected chi connectivity index (χ0v) is 8.34. The first-order chi connectivity index (χ1) is 7.77. The van der Waals surface area contributed by atoms with Gasteiger partial charge in [-0.25, -0.2) is 0 Å². The second-order valence-corrected chi connectivity index (χ2v) is 3.16. The third-order valence-electron chi connectivity index (χ3n) is 2.05. The molecule has 1 aromatic heterocycles. The van der Waals surface area contributed by atoms with Gasteiger partial charge >= 0.3 is 0 Å². The molecule has 0 aliphatic heterocycles. The van der Waals surface area contributed by atoms with Crippen LogP contribution in [0.1, 0.15) is 20.7 Å². The number of rotatable bonds is 2. The molecule has 0 unspecified atom stereocenters. The molecule has 1 heterocycles. The van der Waals surface area contributed by atoms with E-state index in [1.165, 1.54) is 18.6 Å². The van der Waals surface area contributed by atoms with Crippen LogP contribution in [0, 0.1) is 0 Å². The molecule has 0 bridgehead atoms. The predicted octanol–water partition coefficient (Wildman–Crippen LogP) is 1.85. The van der Waals surface area contributed by atoms with Crippen molar-refractivity contribution in [2.45, 2.75) is 0 Å². The first-order valence-corrected chi connectivity index (χ1v) is 4.70. The van der Waals surface area contributed by atoms with Gasteiger partial charge in [0.1, 0.15) is 6.26 Å². The molecule has 1 N–H and O–H groups in total. The van der Waals surface area contributed by atoms with Crippen LogP contribution >= 0.6 is 0 Å². The first-order valence-electron chi connectivity index (χ1n) is 4.70. The van der Waals surface area contributed by atoms with E-state index in [1.807, 2.05) is 0 Å². The van der Waals surface area contributed by atoms with Crippen LogP contribution in [-0.4, -0.2) is 11.8 Å². The van der Waals surface area contributed by atoms with Gasteiger partial charge in [-0.1, -0.05) is 18.2 Å². The molecule has 16 heavy (non-hydrogen) atoms. The lowest BCUT2D eigenvalue weighted by Crippen LogP contribution is -2.30. The molecule has 80 valence electrons. The van der Waals surface area contributed by atoms with Crippen molar-refractivity contribution in [1.29, 1.82) is 0 Å². The topological polar surface area (TPSA) is 59.3 Å². The van der Waals surface area contributed by atoms with Crippen molar-refractivity contribution in [3.05, 3.63) is 60.1 Å². The van der Waals surface area contributed by atoms with E-state index in [1.54, 1.807) is 30.3 Å². The lowest BCUT2D eigenvalue weighted by Gasteiger charge is -2.01. The number of nitrogens with one attached hydrogen (secondary N) is 1. The number of carbonyl (C=O) groups is 2. The zero-order chi connectivity index (χ0) is 11.4. The molecule has 0 aliphatic carbocycles. The van der Waals surface area contributed by atoms with E-state index in [0.29, 0.717) is 11.1 Å². The van der Waals surface area contributed by atoms with Crippen LogP contribution in [0.2, 0.25) is 0 Å². The van der Waals surface area contributed by atoms with E-state index in [2.05, 4.69) is 5.32 Å². The third-order valence-corrected chi connectivity index (χ3v) is 2.05. The quantitative estimate of drug-likeness (QED) is 0.777. The molecule has 0 spiro atoms. The number of hydrogen-bond donors (Lipinski definition) is 1. The van der Waals surface area contributed by atoms with Gasteiger partial charge in [0, 0.05) is 5.56 Å². The number of amides is 2. The van der Waals surface area contributed by atoms with Crippen LogP contribution in [0.4, 0.5) is 0 Å². The second kappa shape index (κ2) is 4.44. The van der Waals surface area contributed by atoms with Crippen molar-refractivity contribution < 1.29 is 14.0 Å². The Balaban J connectivity index is 2.06. The number of furan rings is 1. The lowest BCUT2D eigenvalue weighted by atomic mass is 10.2. The normalized spacial score (nSPS) is 9.75. The van der Waals surface area contributed by atoms with Gasteiger partial charge in [0.25, 0.3) is 11.8 Å². The average Bonchev–Trinajstić information content (AvgIpc) is 2.83. The van der Waals surface area contributed by atoms with Gasteiger partial charge in [0.15, 0.2) is 0 Å². The summed E-state index contributed by atoms with van der Waals surface area (Å²) < 4.78 is 4.75. The predicted molar refractivity (Wildman–Crippen MR) is 56.9 cm³/mol. The van der Waals surface area contributed by atoms with E-state index in [4.69, 9.17) is 4.42 Å². The molecule has 1 aromatic carbocycles. The van der Waals surface area contributed by atoms with Crippen LogP contribution in [0.15, 0.2) is 53.3 Å². The fourth-order valence-corrected chi connectivity index (χ4v) is 1.23.